The Labute approximate surface area is 242 Å². The van der Waals surface area contributed by atoms with E-state index in [2.05, 4.69) is 34.6 Å². The molecule has 4 rings (SSSR count). The van der Waals surface area contributed by atoms with Crippen molar-refractivity contribution in [1.29, 1.82) is 0 Å². The second kappa shape index (κ2) is 11.2. The Kier molecular flexibility index (Phi) is 9.35. The number of carbonyl (C=O) groups is 2. The molecule has 2 bridgehead atoms. The number of hydrogen-bond acceptors (Lipinski definition) is 4. The van der Waals surface area contributed by atoms with E-state index in [0.29, 0.717) is 25.0 Å². The van der Waals surface area contributed by atoms with E-state index in [1.165, 1.54) is 0 Å². The molecular weight excluding hydrogens is 527 g/mol. The van der Waals surface area contributed by atoms with Crippen molar-refractivity contribution in [3.63, 3.8) is 0 Å². The van der Waals surface area contributed by atoms with E-state index in [-0.39, 0.29) is 80.2 Å². The normalized spacial score (nSPS) is 40.0. The molecule has 3 aliphatic carbocycles. The molecule has 6 heteroatoms. The Morgan fingerprint density at radius 1 is 1.19 bits per heavy atom. The smallest absolute Gasteiger partial charge is 0.306 e. The number of rotatable bonds is 6. The molecule has 0 aromatic heterocycles. The van der Waals surface area contributed by atoms with Crippen molar-refractivity contribution in [2.75, 3.05) is 0 Å². The molecule has 8 atom stereocenters. The van der Waals surface area contributed by atoms with Crippen LogP contribution >= 0.6 is 0 Å². The van der Waals surface area contributed by atoms with Crippen LogP contribution in [0.25, 0.3) is 5.73 Å². The van der Waals surface area contributed by atoms with Crippen molar-refractivity contribution in [1.82, 2.24) is 0 Å². The van der Waals surface area contributed by atoms with Crippen LogP contribution in [0.4, 0.5) is 0 Å². The van der Waals surface area contributed by atoms with Gasteiger partial charge in [-0.1, -0.05) is 64.4 Å². The van der Waals surface area contributed by atoms with Crippen molar-refractivity contribution in [3.8, 4) is 0 Å². The number of benzene rings is 1. The molecule has 3 aliphatic rings. The fourth-order valence-electron chi connectivity index (χ4n) is 8.07. The summed E-state index contributed by atoms with van der Waals surface area (Å²) in [6.07, 6.45) is 4.65. The summed E-state index contributed by atoms with van der Waals surface area (Å²) in [5, 5.41) is 11.7. The second-order valence-electron chi connectivity index (χ2n) is 12.4. The van der Waals surface area contributed by atoms with Crippen LogP contribution in [0.2, 0.25) is 0 Å². The van der Waals surface area contributed by atoms with Gasteiger partial charge in [0.2, 0.25) is 0 Å². The van der Waals surface area contributed by atoms with Gasteiger partial charge in [0, 0.05) is 56.9 Å². The van der Waals surface area contributed by atoms with Crippen LogP contribution in [0.5, 0.6) is 0 Å². The Bertz CT molecular complexity index is 968. The quantitative estimate of drug-likeness (QED) is 0.406. The van der Waals surface area contributed by atoms with Crippen LogP contribution in [-0.4, -0.2) is 29.1 Å². The summed E-state index contributed by atoms with van der Waals surface area (Å²) in [5.41, 5.74) is 8.54. The molecule has 1 radical (unpaired) electrons. The Morgan fingerprint density at radius 2 is 1.89 bits per heavy atom. The maximum Gasteiger partial charge on any atom is 0.306 e. The number of ketones is 1. The van der Waals surface area contributed by atoms with Gasteiger partial charge in [-0.05, 0) is 66.8 Å². The fourth-order valence-corrected chi connectivity index (χ4v) is 8.07. The van der Waals surface area contributed by atoms with Gasteiger partial charge in [0.25, 0.3) is 0 Å². The minimum Gasteiger partial charge on any atom is -0.674 e. The number of esters is 1. The topological polar surface area (TPSA) is 87.4 Å². The van der Waals surface area contributed by atoms with Crippen molar-refractivity contribution < 1.29 is 52.1 Å². The van der Waals surface area contributed by atoms with Crippen molar-refractivity contribution in [2.45, 2.75) is 105 Å². The third-order valence-corrected chi connectivity index (χ3v) is 10.8. The van der Waals surface area contributed by atoms with Gasteiger partial charge in [-0.15, -0.1) is 6.54 Å². The molecular formula is C30H44NO4Y-. The van der Waals surface area contributed by atoms with Crippen LogP contribution in [0.1, 0.15) is 90.7 Å². The summed E-state index contributed by atoms with van der Waals surface area (Å²) in [6, 6.07) is 7.84. The van der Waals surface area contributed by atoms with E-state index in [1.54, 1.807) is 0 Å². The number of Topliss-reactive ketones (excluding diaryl/α,β-unsaturated/α-hetero) is 1. The average Bonchev–Trinajstić information content (AvgIpc) is 3.21. The van der Waals surface area contributed by atoms with Crippen LogP contribution in [0.15, 0.2) is 24.3 Å². The van der Waals surface area contributed by atoms with Crippen LogP contribution in [0, 0.1) is 34.0 Å². The minimum absolute atomic E-state index is 0. The molecule has 0 heterocycles. The summed E-state index contributed by atoms with van der Waals surface area (Å²) in [7, 11) is 0. The number of carbonyl (C=O) groups excluding carboxylic acids is 2. The summed E-state index contributed by atoms with van der Waals surface area (Å²) < 4.78 is 6.36. The predicted molar refractivity (Wildman–Crippen MR) is 138 cm³/mol. The number of nitrogens with one attached hydrogen (secondary N) is 1. The van der Waals surface area contributed by atoms with Gasteiger partial charge in [0.1, 0.15) is 11.9 Å². The number of hydrogen-bond donors (Lipinski definition) is 1. The second-order valence-corrected chi connectivity index (χ2v) is 12.4. The third-order valence-electron chi connectivity index (χ3n) is 10.8. The maximum atomic E-state index is 13.5. The van der Waals surface area contributed by atoms with E-state index in [9.17, 15) is 14.7 Å². The molecule has 197 valence electrons. The predicted octanol–water partition coefficient (Wildman–Crippen LogP) is 6.30. The van der Waals surface area contributed by atoms with E-state index in [4.69, 9.17) is 10.5 Å². The largest absolute Gasteiger partial charge is 0.674 e. The number of aliphatic hydroxyl groups excluding tert-OH is 1. The average molecular weight is 572 g/mol. The molecule has 1 aromatic carbocycles. The van der Waals surface area contributed by atoms with Gasteiger partial charge in [-0.25, -0.2) is 0 Å². The van der Waals surface area contributed by atoms with E-state index in [1.807, 2.05) is 24.3 Å². The number of aryl methyl sites for hydroxylation is 1. The molecule has 0 spiro atoms. The molecule has 0 aliphatic heterocycles. The van der Waals surface area contributed by atoms with Crippen molar-refractivity contribution >= 4 is 11.8 Å². The van der Waals surface area contributed by atoms with Gasteiger partial charge in [-0.2, -0.15) is 0 Å². The Morgan fingerprint density at radius 3 is 2.56 bits per heavy atom. The fraction of sp³-hybridized carbons (Fsp3) is 0.733. The van der Waals surface area contributed by atoms with Crippen molar-refractivity contribution in [3.05, 3.63) is 41.1 Å². The molecule has 5 nitrogen and oxygen atoms in total. The molecule has 2 N–H and O–H groups in total. The zero-order valence-corrected chi connectivity index (χ0v) is 25.6. The third kappa shape index (κ3) is 4.92. The standard InChI is InChI=1S/C30H44NO4.Y/c1-6-28(4)17-24(35-25(33)11-10-21-8-7-9-22(16-21)18-31)29(5)19(2)12-14-30(20(3)27(28)34)15-13-23(32)26(29)30;/h7-9,16,19-20,24,26-27,31,34H,6,10-15,17-18H2,1-5H3;/q-1;/t19?,20-,24+,26?,27-,28+,29-,30?;/m0./s1. The van der Waals surface area contributed by atoms with Crippen molar-refractivity contribution in [2.24, 2.45) is 34.0 Å². The summed E-state index contributed by atoms with van der Waals surface area (Å²) in [5.74, 6) is 0.195. The summed E-state index contributed by atoms with van der Waals surface area (Å²) in [6.45, 7) is 11.1. The monoisotopic (exact) mass is 571 g/mol. The zero-order valence-electron chi connectivity index (χ0n) is 22.8. The van der Waals surface area contributed by atoms with E-state index in [0.717, 1.165) is 36.8 Å². The summed E-state index contributed by atoms with van der Waals surface area (Å²) in [4.78, 5) is 26.7. The van der Waals surface area contributed by atoms with E-state index >= 15 is 0 Å². The van der Waals surface area contributed by atoms with Crippen LogP contribution in [-0.2, 0) is 60.0 Å². The van der Waals surface area contributed by atoms with Crippen LogP contribution < -0.4 is 0 Å². The Hall–Kier alpha value is -0.616. The first kappa shape index (κ1) is 29.9. The molecule has 36 heavy (non-hydrogen) atoms. The van der Waals surface area contributed by atoms with Gasteiger partial charge in [-0.3, -0.25) is 9.59 Å². The van der Waals surface area contributed by atoms with Gasteiger partial charge < -0.3 is 15.6 Å². The summed E-state index contributed by atoms with van der Waals surface area (Å²) >= 11 is 0. The van der Waals surface area contributed by atoms with Gasteiger partial charge in [0.05, 0.1) is 6.10 Å². The first-order chi connectivity index (χ1) is 16.5. The Balaban J connectivity index is 0.00000361. The molecule has 3 fully saturated rings. The van der Waals surface area contributed by atoms with Crippen LogP contribution in [0.3, 0.4) is 0 Å². The molecule has 0 amide bonds. The maximum absolute atomic E-state index is 13.5. The number of aliphatic hydroxyl groups is 1. The molecule has 1 aromatic rings. The minimum atomic E-state index is -0.535. The SMILES string of the molecule is CC[C@]1(C)C[C@@H](OC(=O)CCc2cccc(C[NH-])c2)[C@]2(C)C(C)CCC3(CCC(=O)C32)[C@@H](C)[C@@H]1O.[Y]. The zero-order chi connectivity index (χ0) is 25.6. The molecule has 0 saturated heterocycles. The van der Waals surface area contributed by atoms with Gasteiger partial charge in [0.15, 0.2) is 0 Å². The van der Waals surface area contributed by atoms with E-state index < -0.39 is 17.6 Å². The first-order valence-electron chi connectivity index (χ1n) is 13.6. The molecule has 3 unspecified atom stereocenters. The number of ether oxygens (including phenoxy) is 1. The molecule has 3 saturated carbocycles. The first-order valence-corrected chi connectivity index (χ1v) is 13.6. The van der Waals surface area contributed by atoms with Gasteiger partial charge >= 0.3 is 5.97 Å².